The molecule has 7 aromatic rings. The highest BCUT2D eigenvalue weighted by Crippen LogP contribution is 2.46. The third kappa shape index (κ3) is 8.16. The van der Waals surface area contributed by atoms with Crippen LogP contribution in [0.15, 0.2) is 146 Å². The van der Waals surface area contributed by atoms with Gasteiger partial charge in [0.25, 0.3) is 0 Å². The molecule has 0 radical (unpaired) electrons. The minimum Gasteiger partial charge on any atom is -0.208 e. The van der Waals surface area contributed by atoms with Crippen LogP contribution in [0.2, 0.25) is 0 Å². The molecular formula is C47H46N3P. The Morgan fingerprint density at radius 2 is 0.922 bits per heavy atom. The molecule has 4 heteroatoms. The molecule has 6 aromatic carbocycles. The van der Waals surface area contributed by atoms with Crippen LogP contribution in [0.25, 0.3) is 67.2 Å². The summed E-state index contributed by atoms with van der Waals surface area (Å²) in [7, 11) is -0.382. The molecular weight excluding hydrogens is 638 g/mol. The van der Waals surface area contributed by atoms with Crippen LogP contribution < -0.4 is 5.30 Å². The average molecular weight is 684 g/mol. The molecule has 0 bridgehead atoms. The van der Waals surface area contributed by atoms with Crippen molar-refractivity contribution in [3.05, 3.63) is 146 Å². The maximum Gasteiger partial charge on any atom is 0.164 e. The van der Waals surface area contributed by atoms with Crippen molar-refractivity contribution >= 4 is 24.0 Å². The Labute approximate surface area is 304 Å². The van der Waals surface area contributed by atoms with Crippen molar-refractivity contribution < 1.29 is 0 Å². The van der Waals surface area contributed by atoms with Crippen LogP contribution in [-0.2, 0) is 0 Å². The molecule has 0 amide bonds. The van der Waals surface area contributed by atoms with Crippen LogP contribution in [-0.4, -0.2) is 27.3 Å². The lowest BCUT2D eigenvalue weighted by atomic mass is 9.90. The van der Waals surface area contributed by atoms with Crippen molar-refractivity contribution in [2.45, 2.75) is 41.5 Å². The zero-order valence-corrected chi connectivity index (χ0v) is 31.5. The quantitative estimate of drug-likeness (QED) is 0.150. The topological polar surface area (TPSA) is 38.7 Å². The van der Waals surface area contributed by atoms with Crippen molar-refractivity contribution in [1.29, 1.82) is 0 Å². The fraction of sp³-hybridized carbons (Fsp3) is 0.213. The Kier molecular flexibility index (Phi) is 9.69. The monoisotopic (exact) mass is 683 g/mol. The summed E-state index contributed by atoms with van der Waals surface area (Å²) in [5.41, 5.74) is 8.11. The fourth-order valence-electron chi connectivity index (χ4n) is 6.81. The molecule has 0 aliphatic heterocycles. The van der Waals surface area contributed by atoms with E-state index in [4.69, 9.17) is 15.0 Å². The van der Waals surface area contributed by atoms with Gasteiger partial charge in [-0.3, -0.25) is 0 Å². The first-order valence-electron chi connectivity index (χ1n) is 17.9. The molecule has 0 fully saturated rings. The molecule has 0 aliphatic rings. The highest BCUT2D eigenvalue weighted by atomic mass is 31.1. The summed E-state index contributed by atoms with van der Waals surface area (Å²) >= 11 is 0. The number of rotatable bonds is 8. The summed E-state index contributed by atoms with van der Waals surface area (Å²) in [5, 5.41) is 3.86. The second-order valence-electron chi connectivity index (χ2n) is 15.9. The van der Waals surface area contributed by atoms with Gasteiger partial charge in [-0.2, -0.15) is 0 Å². The van der Waals surface area contributed by atoms with Gasteiger partial charge in [0, 0.05) is 16.7 Å². The van der Waals surface area contributed by atoms with Gasteiger partial charge in [0.05, 0.1) is 0 Å². The van der Waals surface area contributed by atoms with E-state index >= 15 is 0 Å². The summed E-state index contributed by atoms with van der Waals surface area (Å²) in [6.45, 7) is 14.1. The van der Waals surface area contributed by atoms with Gasteiger partial charge < -0.3 is 0 Å². The Hall–Kier alpha value is -4.98. The van der Waals surface area contributed by atoms with E-state index in [9.17, 15) is 0 Å². The Bertz CT molecular complexity index is 2260. The molecule has 0 spiro atoms. The van der Waals surface area contributed by atoms with Crippen molar-refractivity contribution in [3.63, 3.8) is 0 Å². The van der Waals surface area contributed by atoms with Gasteiger partial charge >= 0.3 is 0 Å². The van der Waals surface area contributed by atoms with E-state index in [-0.39, 0.29) is 18.8 Å². The number of hydrogen-bond acceptors (Lipinski definition) is 3. The number of benzene rings is 6. The first-order valence-corrected chi connectivity index (χ1v) is 19.6. The molecule has 0 atom stereocenters. The minimum atomic E-state index is -0.382. The molecule has 254 valence electrons. The molecule has 1 aromatic heterocycles. The number of hydrogen-bond donors (Lipinski definition) is 0. The first-order chi connectivity index (χ1) is 24.5. The van der Waals surface area contributed by atoms with Crippen LogP contribution in [0.1, 0.15) is 41.5 Å². The Balaban J connectivity index is 1.39. The summed E-state index contributed by atoms with van der Waals surface area (Å²) in [6, 6.07) is 51.7. The molecule has 0 aliphatic carbocycles. The fourth-order valence-corrected chi connectivity index (χ4v) is 10.2. The van der Waals surface area contributed by atoms with Gasteiger partial charge in [-0.15, -0.1) is 0 Å². The van der Waals surface area contributed by atoms with Gasteiger partial charge in [-0.25, -0.2) is 15.0 Å². The Morgan fingerprint density at radius 3 is 1.57 bits per heavy atom. The van der Waals surface area contributed by atoms with Gasteiger partial charge in [0.15, 0.2) is 17.5 Å². The number of nitrogens with zero attached hydrogens (tertiary/aromatic N) is 3. The van der Waals surface area contributed by atoms with Crippen molar-refractivity contribution in [1.82, 2.24) is 15.0 Å². The molecule has 7 rings (SSSR count). The molecule has 51 heavy (non-hydrogen) atoms. The van der Waals surface area contributed by atoms with E-state index in [1.165, 1.54) is 39.5 Å². The summed E-state index contributed by atoms with van der Waals surface area (Å²) in [6.07, 6.45) is 2.35. The van der Waals surface area contributed by atoms with Crippen LogP contribution in [0.5, 0.6) is 0 Å². The summed E-state index contributed by atoms with van der Waals surface area (Å²) in [5.74, 6) is 2.03. The summed E-state index contributed by atoms with van der Waals surface area (Å²) in [4.78, 5) is 15.5. The van der Waals surface area contributed by atoms with E-state index < -0.39 is 0 Å². The van der Waals surface area contributed by atoms with Crippen LogP contribution >= 0.6 is 7.92 Å². The zero-order chi connectivity index (χ0) is 35.6. The normalized spacial score (nSPS) is 12.1. The highest BCUT2D eigenvalue weighted by Gasteiger charge is 2.25. The number of aromatic nitrogens is 3. The maximum absolute atomic E-state index is 5.22. The SMILES string of the molecule is CC(C)(C)CP(CC(C)(C)C)c1cccc(-c2nc(-c3ccccc3)nc(-c3ccc(-c4cccc5ccccc45)c(-c4ccccc4)c3)n2)c1. The second-order valence-corrected chi connectivity index (χ2v) is 18.1. The van der Waals surface area contributed by atoms with Crippen LogP contribution in [0, 0.1) is 10.8 Å². The third-order valence-corrected chi connectivity index (χ3v) is 12.6. The maximum atomic E-state index is 5.22. The molecule has 0 saturated heterocycles. The first kappa shape index (κ1) is 34.5. The zero-order valence-electron chi connectivity index (χ0n) is 30.6. The smallest absolute Gasteiger partial charge is 0.164 e. The van der Waals surface area contributed by atoms with Gasteiger partial charge in [-0.1, -0.05) is 183 Å². The minimum absolute atomic E-state index is 0.239. The predicted octanol–water partition coefficient (Wildman–Crippen LogP) is 12.6. The van der Waals surface area contributed by atoms with E-state index in [0.717, 1.165) is 27.8 Å². The van der Waals surface area contributed by atoms with Crippen molar-refractivity contribution in [2.24, 2.45) is 10.8 Å². The van der Waals surface area contributed by atoms with Crippen molar-refractivity contribution in [3.8, 4) is 56.4 Å². The lowest BCUT2D eigenvalue weighted by Crippen LogP contribution is -2.22. The largest absolute Gasteiger partial charge is 0.208 e. The Morgan fingerprint density at radius 1 is 0.412 bits per heavy atom. The van der Waals surface area contributed by atoms with Crippen LogP contribution in [0.4, 0.5) is 0 Å². The lowest BCUT2D eigenvalue weighted by Gasteiger charge is -2.32. The molecule has 1 heterocycles. The van der Waals surface area contributed by atoms with E-state index in [1.54, 1.807) is 0 Å². The lowest BCUT2D eigenvalue weighted by molar-refractivity contribution is 0.460. The molecule has 0 N–H and O–H groups in total. The van der Waals surface area contributed by atoms with Crippen LogP contribution in [0.3, 0.4) is 0 Å². The molecule has 3 nitrogen and oxygen atoms in total. The number of fused-ring (bicyclic) bond motifs is 1. The second kappa shape index (κ2) is 14.3. The van der Waals surface area contributed by atoms with E-state index in [0.29, 0.717) is 17.5 Å². The van der Waals surface area contributed by atoms with E-state index in [1.807, 2.05) is 18.2 Å². The summed E-state index contributed by atoms with van der Waals surface area (Å²) < 4.78 is 0. The standard InChI is InChI=1S/C47H46N3P/c1-46(2,3)31-51(32-47(4,5)6)38-24-15-23-36(29-38)44-48-43(35-20-11-8-12-21-35)49-45(50-44)37-27-28-41(42(30-37)34-17-9-7-10-18-34)40-26-16-22-33-19-13-14-25-39(33)40/h7-30H,31-32H2,1-6H3. The van der Waals surface area contributed by atoms with E-state index in [2.05, 4.69) is 169 Å². The van der Waals surface area contributed by atoms with Gasteiger partial charge in [0.1, 0.15) is 0 Å². The van der Waals surface area contributed by atoms with Gasteiger partial charge in [-0.05, 0) is 73.6 Å². The van der Waals surface area contributed by atoms with Crippen molar-refractivity contribution in [2.75, 3.05) is 12.3 Å². The molecule has 0 saturated carbocycles. The predicted molar refractivity (Wildman–Crippen MR) is 220 cm³/mol. The third-order valence-electron chi connectivity index (χ3n) is 8.91. The average Bonchev–Trinajstić information content (AvgIpc) is 3.13. The highest BCUT2D eigenvalue weighted by molar-refractivity contribution is 7.65. The molecule has 0 unspecified atom stereocenters. The van der Waals surface area contributed by atoms with Gasteiger partial charge in [0.2, 0.25) is 0 Å².